The van der Waals surface area contributed by atoms with Crippen LogP contribution in [0.4, 0.5) is 4.39 Å². The molecule has 0 heterocycles. The standard InChI is InChI=1S/C7H7BrFN.ClH/c8-6-3-5(4-10)1-2-7(6)9;/h1-3H,4,10H2;1H. The Hall–Kier alpha value is -0.120. The molecule has 0 saturated carbocycles. The van der Waals surface area contributed by atoms with E-state index in [1.54, 1.807) is 12.1 Å². The van der Waals surface area contributed by atoms with Crippen LogP contribution in [-0.2, 0) is 6.54 Å². The Bertz CT molecular complexity index is 242. The molecule has 0 saturated heterocycles. The average Bonchev–Trinajstić information content (AvgIpc) is 1.95. The SMILES string of the molecule is Cl.NCc1ccc(F)c(Br)c1. The first-order chi connectivity index (χ1) is 4.74. The summed E-state index contributed by atoms with van der Waals surface area (Å²) in [4.78, 5) is 0. The number of rotatable bonds is 1. The molecule has 0 unspecified atom stereocenters. The van der Waals surface area contributed by atoms with Gasteiger partial charge in [0.15, 0.2) is 0 Å². The highest BCUT2D eigenvalue weighted by Gasteiger charge is 1.97. The first kappa shape index (κ1) is 10.9. The lowest BCUT2D eigenvalue weighted by Crippen LogP contribution is -1.95. The molecule has 1 aromatic rings. The van der Waals surface area contributed by atoms with Gasteiger partial charge in [-0.05, 0) is 33.6 Å². The fourth-order valence-electron chi connectivity index (χ4n) is 0.667. The van der Waals surface area contributed by atoms with Gasteiger partial charge >= 0.3 is 0 Å². The van der Waals surface area contributed by atoms with Crippen LogP contribution < -0.4 is 5.73 Å². The summed E-state index contributed by atoms with van der Waals surface area (Å²) in [6, 6.07) is 4.74. The highest BCUT2D eigenvalue weighted by atomic mass is 79.9. The van der Waals surface area contributed by atoms with Crippen LogP contribution in [0.3, 0.4) is 0 Å². The number of halogens is 3. The van der Waals surface area contributed by atoms with Gasteiger partial charge in [0.1, 0.15) is 5.82 Å². The van der Waals surface area contributed by atoms with E-state index in [1.807, 2.05) is 0 Å². The molecule has 0 radical (unpaired) electrons. The predicted octanol–water partition coefficient (Wildman–Crippen LogP) is 2.47. The summed E-state index contributed by atoms with van der Waals surface area (Å²) in [6.45, 7) is 0.443. The van der Waals surface area contributed by atoms with Crippen molar-refractivity contribution >= 4 is 28.3 Å². The van der Waals surface area contributed by atoms with Crippen molar-refractivity contribution in [2.24, 2.45) is 5.73 Å². The van der Waals surface area contributed by atoms with E-state index in [0.717, 1.165) is 5.56 Å². The quantitative estimate of drug-likeness (QED) is 0.802. The minimum atomic E-state index is -0.253. The van der Waals surface area contributed by atoms with Crippen LogP contribution in [0, 0.1) is 5.82 Å². The van der Waals surface area contributed by atoms with Crippen molar-refractivity contribution in [3.05, 3.63) is 34.1 Å². The summed E-state index contributed by atoms with van der Waals surface area (Å²) >= 11 is 3.06. The van der Waals surface area contributed by atoms with E-state index in [-0.39, 0.29) is 18.2 Å². The van der Waals surface area contributed by atoms with E-state index < -0.39 is 0 Å². The third-order valence-electron chi connectivity index (χ3n) is 1.22. The molecular formula is C7H8BrClFN. The van der Waals surface area contributed by atoms with Gasteiger partial charge in [0.2, 0.25) is 0 Å². The Morgan fingerprint density at radius 3 is 2.55 bits per heavy atom. The minimum Gasteiger partial charge on any atom is -0.326 e. The predicted molar refractivity (Wildman–Crippen MR) is 49.2 cm³/mol. The van der Waals surface area contributed by atoms with Gasteiger partial charge in [-0.15, -0.1) is 12.4 Å². The van der Waals surface area contributed by atoms with Crippen LogP contribution >= 0.6 is 28.3 Å². The molecule has 0 aliphatic carbocycles. The lowest BCUT2D eigenvalue weighted by atomic mass is 10.2. The van der Waals surface area contributed by atoms with E-state index in [4.69, 9.17) is 5.73 Å². The maximum atomic E-state index is 12.5. The topological polar surface area (TPSA) is 26.0 Å². The van der Waals surface area contributed by atoms with Gasteiger partial charge in [-0.25, -0.2) is 4.39 Å². The largest absolute Gasteiger partial charge is 0.326 e. The van der Waals surface area contributed by atoms with Gasteiger partial charge in [0, 0.05) is 6.54 Å². The second kappa shape index (κ2) is 4.70. The van der Waals surface area contributed by atoms with Gasteiger partial charge in [-0.2, -0.15) is 0 Å². The van der Waals surface area contributed by atoms with Crippen LogP contribution in [0.25, 0.3) is 0 Å². The normalized spacial score (nSPS) is 9.00. The molecule has 1 nitrogen and oxygen atoms in total. The third-order valence-corrected chi connectivity index (χ3v) is 1.83. The van der Waals surface area contributed by atoms with Crippen LogP contribution in [-0.4, -0.2) is 0 Å². The maximum absolute atomic E-state index is 12.5. The second-order valence-corrected chi connectivity index (χ2v) is 2.81. The lowest BCUT2D eigenvalue weighted by Gasteiger charge is -1.97. The molecule has 4 heteroatoms. The molecule has 0 aromatic heterocycles. The minimum absolute atomic E-state index is 0. The molecule has 11 heavy (non-hydrogen) atoms. The molecule has 0 atom stereocenters. The zero-order valence-electron chi connectivity index (χ0n) is 5.68. The Balaban J connectivity index is 0.000001000. The number of hydrogen-bond acceptors (Lipinski definition) is 1. The van der Waals surface area contributed by atoms with Crippen molar-refractivity contribution in [2.45, 2.75) is 6.54 Å². The first-order valence-electron chi connectivity index (χ1n) is 2.88. The van der Waals surface area contributed by atoms with Gasteiger partial charge in [-0.3, -0.25) is 0 Å². The molecule has 2 N–H and O–H groups in total. The molecule has 0 aliphatic rings. The van der Waals surface area contributed by atoms with E-state index in [0.29, 0.717) is 11.0 Å². The van der Waals surface area contributed by atoms with Crippen molar-refractivity contribution in [3.63, 3.8) is 0 Å². The van der Waals surface area contributed by atoms with E-state index in [2.05, 4.69) is 15.9 Å². The monoisotopic (exact) mass is 239 g/mol. The Labute approximate surface area is 79.3 Å². The molecule has 0 amide bonds. The van der Waals surface area contributed by atoms with E-state index >= 15 is 0 Å². The van der Waals surface area contributed by atoms with Crippen LogP contribution in [0.15, 0.2) is 22.7 Å². The molecule has 1 rings (SSSR count). The third kappa shape index (κ3) is 2.77. The highest BCUT2D eigenvalue weighted by Crippen LogP contribution is 2.16. The van der Waals surface area contributed by atoms with Crippen molar-refractivity contribution in [1.82, 2.24) is 0 Å². The zero-order chi connectivity index (χ0) is 7.56. The molecule has 0 bridgehead atoms. The summed E-state index contributed by atoms with van der Waals surface area (Å²) in [5.41, 5.74) is 6.25. The van der Waals surface area contributed by atoms with Gasteiger partial charge in [0.25, 0.3) is 0 Å². The number of benzene rings is 1. The molecule has 1 aromatic carbocycles. The van der Waals surface area contributed by atoms with Crippen LogP contribution in [0.1, 0.15) is 5.56 Å². The van der Waals surface area contributed by atoms with E-state index in [9.17, 15) is 4.39 Å². The average molecular weight is 241 g/mol. The van der Waals surface area contributed by atoms with Crippen molar-refractivity contribution in [1.29, 1.82) is 0 Å². The summed E-state index contributed by atoms with van der Waals surface area (Å²) < 4.78 is 13.0. The van der Waals surface area contributed by atoms with Gasteiger partial charge in [-0.1, -0.05) is 6.07 Å². The van der Waals surface area contributed by atoms with Crippen LogP contribution in [0.2, 0.25) is 0 Å². The molecule has 62 valence electrons. The lowest BCUT2D eigenvalue weighted by molar-refractivity contribution is 0.620. The summed E-state index contributed by atoms with van der Waals surface area (Å²) in [5, 5.41) is 0. The molecule has 0 spiro atoms. The van der Waals surface area contributed by atoms with Gasteiger partial charge in [0.05, 0.1) is 4.47 Å². The zero-order valence-corrected chi connectivity index (χ0v) is 8.08. The van der Waals surface area contributed by atoms with Crippen LogP contribution in [0.5, 0.6) is 0 Å². The van der Waals surface area contributed by atoms with Gasteiger partial charge < -0.3 is 5.73 Å². The summed E-state index contributed by atoms with van der Waals surface area (Å²) in [5.74, 6) is -0.253. The van der Waals surface area contributed by atoms with E-state index in [1.165, 1.54) is 6.07 Å². The highest BCUT2D eigenvalue weighted by molar-refractivity contribution is 9.10. The number of nitrogens with two attached hydrogens (primary N) is 1. The maximum Gasteiger partial charge on any atom is 0.137 e. The molecule has 0 fully saturated rings. The summed E-state index contributed by atoms with van der Waals surface area (Å²) in [7, 11) is 0. The molecule has 0 aliphatic heterocycles. The summed E-state index contributed by atoms with van der Waals surface area (Å²) in [6.07, 6.45) is 0. The van der Waals surface area contributed by atoms with Crippen molar-refractivity contribution in [3.8, 4) is 0 Å². The fraction of sp³-hybridized carbons (Fsp3) is 0.143. The Morgan fingerprint density at radius 2 is 2.09 bits per heavy atom. The fourth-order valence-corrected chi connectivity index (χ4v) is 1.09. The Morgan fingerprint density at radius 1 is 1.45 bits per heavy atom. The van der Waals surface area contributed by atoms with Crippen molar-refractivity contribution < 1.29 is 4.39 Å². The Kier molecular flexibility index (Phi) is 4.65. The number of hydrogen-bond donors (Lipinski definition) is 1. The molecular weight excluding hydrogens is 232 g/mol. The first-order valence-corrected chi connectivity index (χ1v) is 3.67. The smallest absolute Gasteiger partial charge is 0.137 e. The van der Waals surface area contributed by atoms with Crippen molar-refractivity contribution in [2.75, 3.05) is 0 Å². The second-order valence-electron chi connectivity index (χ2n) is 1.95.